The highest BCUT2D eigenvalue weighted by molar-refractivity contribution is 5.92. The lowest BCUT2D eigenvalue weighted by molar-refractivity contribution is -0.115. The van der Waals surface area contributed by atoms with Gasteiger partial charge in [0.05, 0.1) is 18.3 Å². The van der Waals surface area contributed by atoms with E-state index in [9.17, 15) is 9.18 Å². The number of benzene rings is 1. The minimum atomic E-state index is -0.583. The minimum Gasteiger partial charge on any atom is -0.398 e. The van der Waals surface area contributed by atoms with Gasteiger partial charge in [-0.2, -0.15) is 4.39 Å². The highest BCUT2D eigenvalue weighted by Crippen LogP contribution is 2.12. The van der Waals surface area contributed by atoms with Crippen molar-refractivity contribution < 1.29 is 9.18 Å². The summed E-state index contributed by atoms with van der Waals surface area (Å²) in [6.07, 6.45) is 1.44. The van der Waals surface area contributed by atoms with Crippen molar-refractivity contribution in [1.29, 1.82) is 0 Å². The molecule has 0 spiro atoms. The Morgan fingerprint density at radius 3 is 2.72 bits per heavy atom. The Morgan fingerprint density at radius 1 is 1.28 bits per heavy atom. The number of anilines is 2. The van der Waals surface area contributed by atoms with Crippen molar-refractivity contribution in [3.05, 3.63) is 54.1 Å². The van der Waals surface area contributed by atoms with Gasteiger partial charge in [-0.25, -0.2) is 4.98 Å². The molecule has 4 nitrogen and oxygen atoms in total. The fourth-order valence-electron chi connectivity index (χ4n) is 1.52. The van der Waals surface area contributed by atoms with Crippen LogP contribution in [0.3, 0.4) is 0 Å². The van der Waals surface area contributed by atoms with E-state index in [2.05, 4.69) is 10.3 Å². The number of nitrogens with two attached hydrogens (primary N) is 1. The summed E-state index contributed by atoms with van der Waals surface area (Å²) in [7, 11) is 0. The maximum Gasteiger partial charge on any atom is 0.228 e. The molecule has 3 N–H and O–H groups in total. The molecule has 0 radical (unpaired) electrons. The fourth-order valence-corrected chi connectivity index (χ4v) is 1.52. The van der Waals surface area contributed by atoms with Crippen molar-refractivity contribution in [3.63, 3.8) is 0 Å². The predicted molar refractivity (Wildman–Crippen MR) is 67.4 cm³/mol. The lowest BCUT2D eigenvalue weighted by Crippen LogP contribution is -2.15. The summed E-state index contributed by atoms with van der Waals surface area (Å²) >= 11 is 0. The number of pyridine rings is 1. The van der Waals surface area contributed by atoms with Crippen molar-refractivity contribution in [2.24, 2.45) is 0 Å². The molecule has 1 aromatic carbocycles. The third-order valence-electron chi connectivity index (χ3n) is 2.42. The maximum absolute atomic E-state index is 12.6. The van der Waals surface area contributed by atoms with E-state index < -0.39 is 5.95 Å². The first kappa shape index (κ1) is 12.0. The van der Waals surface area contributed by atoms with Gasteiger partial charge >= 0.3 is 0 Å². The average Bonchev–Trinajstić information content (AvgIpc) is 2.35. The molecule has 0 aliphatic carbocycles. The molecule has 0 bridgehead atoms. The topological polar surface area (TPSA) is 68.0 Å². The van der Waals surface area contributed by atoms with Crippen LogP contribution in [-0.4, -0.2) is 10.9 Å². The number of nitrogens with one attached hydrogen (secondary N) is 1. The molecule has 1 heterocycles. The molecular formula is C13H12FN3O. The van der Waals surface area contributed by atoms with E-state index in [0.717, 1.165) is 5.56 Å². The molecular weight excluding hydrogens is 233 g/mol. The van der Waals surface area contributed by atoms with Gasteiger partial charge in [0.2, 0.25) is 11.9 Å². The van der Waals surface area contributed by atoms with Crippen LogP contribution < -0.4 is 11.1 Å². The SMILES string of the molecule is Nc1ccccc1CC(=O)Nc1ccc(F)nc1. The summed E-state index contributed by atoms with van der Waals surface area (Å²) in [5, 5.41) is 2.62. The van der Waals surface area contributed by atoms with Gasteiger partial charge in [-0.1, -0.05) is 18.2 Å². The van der Waals surface area contributed by atoms with Gasteiger partial charge in [0.1, 0.15) is 0 Å². The molecule has 0 saturated carbocycles. The molecule has 0 atom stereocenters. The standard InChI is InChI=1S/C13H12FN3O/c14-12-6-5-10(8-16-12)17-13(18)7-9-3-1-2-4-11(9)15/h1-6,8H,7,15H2,(H,17,18). The van der Waals surface area contributed by atoms with Gasteiger partial charge in [0.25, 0.3) is 0 Å². The molecule has 5 heteroatoms. The number of aromatic nitrogens is 1. The van der Waals surface area contributed by atoms with Crippen LogP contribution in [0.5, 0.6) is 0 Å². The van der Waals surface area contributed by atoms with Crippen LogP contribution in [0, 0.1) is 5.95 Å². The molecule has 1 amide bonds. The Balaban J connectivity index is 2.01. The summed E-state index contributed by atoms with van der Waals surface area (Å²) in [6.45, 7) is 0. The Bertz CT molecular complexity index is 554. The second-order valence-corrected chi connectivity index (χ2v) is 3.79. The zero-order valence-electron chi connectivity index (χ0n) is 9.56. The highest BCUT2D eigenvalue weighted by Gasteiger charge is 2.06. The van der Waals surface area contributed by atoms with Crippen LogP contribution in [0.4, 0.5) is 15.8 Å². The van der Waals surface area contributed by atoms with Crippen molar-refractivity contribution in [1.82, 2.24) is 4.98 Å². The molecule has 0 saturated heterocycles. The van der Waals surface area contributed by atoms with Gasteiger partial charge in [0, 0.05) is 5.69 Å². The number of carbonyl (C=O) groups excluding carboxylic acids is 1. The van der Waals surface area contributed by atoms with Gasteiger partial charge in [-0.3, -0.25) is 4.79 Å². The fraction of sp³-hybridized carbons (Fsp3) is 0.0769. The lowest BCUT2D eigenvalue weighted by Gasteiger charge is -2.06. The summed E-state index contributed by atoms with van der Waals surface area (Å²) < 4.78 is 12.6. The minimum absolute atomic E-state index is 0.171. The highest BCUT2D eigenvalue weighted by atomic mass is 19.1. The smallest absolute Gasteiger partial charge is 0.228 e. The number of nitrogen functional groups attached to an aromatic ring is 1. The van der Waals surface area contributed by atoms with E-state index in [1.807, 2.05) is 6.07 Å². The predicted octanol–water partition coefficient (Wildman–Crippen LogP) is 1.98. The summed E-state index contributed by atoms with van der Waals surface area (Å²) in [5.41, 5.74) is 7.52. The van der Waals surface area contributed by atoms with E-state index in [4.69, 9.17) is 5.73 Å². The molecule has 18 heavy (non-hydrogen) atoms. The molecule has 1 aromatic heterocycles. The normalized spacial score (nSPS) is 10.1. The number of hydrogen-bond donors (Lipinski definition) is 2. The molecule has 2 rings (SSSR count). The van der Waals surface area contributed by atoms with Crippen molar-refractivity contribution >= 4 is 17.3 Å². The number of carbonyl (C=O) groups is 1. The van der Waals surface area contributed by atoms with Crippen LogP contribution in [0.1, 0.15) is 5.56 Å². The van der Waals surface area contributed by atoms with Crippen LogP contribution >= 0.6 is 0 Å². The first-order chi connectivity index (χ1) is 8.65. The van der Waals surface area contributed by atoms with E-state index >= 15 is 0 Å². The zero-order chi connectivity index (χ0) is 13.0. The van der Waals surface area contributed by atoms with E-state index in [0.29, 0.717) is 11.4 Å². The van der Waals surface area contributed by atoms with Crippen molar-refractivity contribution in [2.45, 2.75) is 6.42 Å². The number of halogens is 1. The van der Waals surface area contributed by atoms with Gasteiger partial charge in [-0.05, 0) is 23.8 Å². The van der Waals surface area contributed by atoms with Crippen molar-refractivity contribution in [3.8, 4) is 0 Å². The second kappa shape index (κ2) is 5.27. The quantitative estimate of drug-likeness (QED) is 0.641. The van der Waals surface area contributed by atoms with E-state index in [1.54, 1.807) is 18.2 Å². The first-order valence-corrected chi connectivity index (χ1v) is 5.40. The third-order valence-corrected chi connectivity index (χ3v) is 2.42. The molecule has 2 aromatic rings. The Kier molecular flexibility index (Phi) is 3.52. The maximum atomic E-state index is 12.6. The third kappa shape index (κ3) is 3.04. The van der Waals surface area contributed by atoms with Crippen LogP contribution in [0.25, 0.3) is 0 Å². The van der Waals surface area contributed by atoms with Gasteiger partial charge in [-0.15, -0.1) is 0 Å². The van der Waals surface area contributed by atoms with Gasteiger partial charge in [0.15, 0.2) is 0 Å². The molecule has 0 aliphatic rings. The monoisotopic (exact) mass is 245 g/mol. The second-order valence-electron chi connectivity index (χ2n) is 3.79. The number of para-hydroxylation sites is 1. The summed E-state index contributed by atoms with van der Waals surface area (Å²) in [6, 6.07) is 9.79. The van der Waals surface area contributed by atoms with Gasteiger partial charge < -0.3 is 11.1 Å². The van der Waals surface area contributed by atoms with Crippen LogP contribution in [0.2, 0.25) is 0 Å². The van der Waals surface area contributed by atoms with Crippen LogP contribution in [0.15, 0.2) is 42.6 Å². The summed E-state index contributed by atoms with van der Waals surface area (Å²) in [4.78, 5) is 15.2. The number of amides is 1. The Hall–Kier alpha value is -2.43. The molecule has 92 valence electrons. The van der Waals surface area contributed by atoms with Crippen LogP contribution in [-0.2, 0) is 11.2 Å². The van der Waals surface area contributed by atoms with E-state index in [1.165, 1.54) is 18.3 Å². The van der Waals surface area contributed by atoms with Crippen molar-refractivity contribution in [2.75, 3.05) is 11.1 Å². The Morgan fingerprint density at radius 2 is 2.06 bits per heavy atom. The summed E-state index contributed by atoms with van der Waals surface area (Å²) in [5.74, 6) is -0.804. The molecule has 0 unspecified atom stereocenters. The first-order valence-electron chi connectivity index (χ1n) is 5.40. The number of rotatable bonds is 3. The zero-order valence-corrected chi connectivity index (χ0v) is 9.56. The lowest BCUT2D eigenvalue weighted by atomic mass is 10.1. The number of hydrogen-bond acceptors (Lipinski definition) is 3. The largest absolute Gasteiger partial charge is 0.398 e. The average molecular weight is 245 g/mol. The van der Waals surface area contributed by atoms with E-state index in [-0.39, 0.29) is 12.3 Å². The number of nitrogens with zero attached hydrogens (tertiary/aromatic N) is 1. The molecule has 0 aliphatic heterocycles. The molecule has 0 fully saturated rings. The Labute approximate surface area is 104 Å².